The van der Waals surface area contributed by atoms with Gasteiger partial charge < -0.3 is 10.5 Å². The third kappa shape index (κ3) is 6.05. The fraction of sp³-hybridized carbons (Fsp3) is 0.133. The molecule has 1 amide bonds. The fourth-order valence-corrected chi connectivity index (χ4v) is 2.68. The van der Waals surface area contributed by atoms with Crippen LogP contribution in [0.15, 0.2) is 42.7 Å². The van der Waals surface area contributed by atoms with Crippen molar-refractivity contribution in [2.45, 2.75) is 13.8 Å². The first-order valence-corrected chi connectivity index (χ1v) is 8.30. The summed E-state index contributed by atoms with van der Waals surface area (Å²) in [6, 6.07) is 8.89. The second-order valence-corrected chi connectivity index (χ2v) is 6.91. The summed E-state index contributed by atoms with van der Waals surface area (Å²) >= 11 is 2.91. The molecule has 23 heavy (non-hydrogen) atoms. The number of nitrogen functional groups attached to an aromatic ring is 1. The van der Waals surface area contributed by atoms with Crippen LogP contribution in [0.1, 0.15) is 9.75 Å². The van der Waals surface area contributed by atoms with Gasteiger partial charge in [0.05, 0.1) is 0 Å². The molecule has 0 radical (unpaired) electrons. The summed E-state index contributed by atoms with van der Waals surface area (Å²) in [5, 5.41) is 3.75. The number of nitrogens with zero attached hydrogens (tertiary/aromatic N) is 2. The zero-order valence-electron chi connectivity index (χ0n) is 12.6. The Labute approximate surface area is 142 Å². The van der Waals surface area contributed by atoms with Crippen molar-refractivity contribution in [3.05, 3.63) is 52.5 Å². The Morgan fingerprint density at radius 2 is 1.74 bits per heavy atom. The summed E-state index contributed by atoms with van der Waals surface area (Å²) in [5.41, 5.74) is 5.29. The minimum atomic E-state index is -0.527. The van der Waals surface area contributed by atoms with Crippen molar-refractivity contribution in [1.29, 1.82) is 0 Å². The van der Waals surface area contributed by atoms with E-state index in [-0.39, 0.29) is 0 Å². The topological polar surface area (TPSA) is 90.1 Å². The highest BCUT2D eigenvalue weighted by Crippen LogP contribution is 2.17. The minimum absolute atomic E-state index is 0.508. The van der Waals surface area contributed by atoms with Gasteiger partial charge >= 0.3 is 6.09 Å². The average Bonchev–Trinajstić information content (AvgIpc) is 3.08. The number of thiazole rings is 2. The van der Waals surface area contributed by atoms with E-state index in [1.807, 2.05) is 19.9 Å². The predicted octanol–water partition coefficient (Wildman–Crippen LogP) is 4.10. The summed E-state index contributed by atoms with van der Waals surface area (Å²) in [7, 11) is 0. The average molecular weight is 348 g/mol. The molecule has 2 aromatic heterocycles. The molecular weight excluding hydrogens is 332 g/mol. The number of amides is 1. The number of aryl methyl sites for hydroxylation is 2. The quantitative estimate of drug-likeness (QED) is 0.728. The Kier molecular flexibility index (Phi) is 6.07. The molecule has 0 saturated heterocycles. The standard InChI is InChI=1S/C11H10N2O2S.C4H6N2S/c1-8-7-12-10(16-8)13-11(14)15-9-5-3-2-4-6-9;1-3-2-6-4(5)7-3/h2-7H,1H3,(H,12,13,14);2H,1H3,(H2,5,6). The summed E-state index contributed by atoms with van der Waals surface area (Å²) in [4.78, 5) is 21.4. The van der Waals surface area contributed by atoms with Crippen LogP contribution < -0.4 is 15.8 Å². The van der Waals surface area contributed by atoms with E-state index in [1.54, 1.807) is 36.7 Å². The summed E-state index contributed by atoms with van der Waals surface area (Å²) < 4.78 is 5.04. The van der Waals surface area contributed by atoms with Gasteiger partial charge in [-0.1, -0.05) is 18.2 Å². The Morgan fingerprint density at radius 1 is 1.09 bits per heavy atom. The zero-order chi connectivity index (χ0) is 16.7. The Hall–Kier alpha value is -2.45. The lowest BCUT2D eigenvalue weighted by molar-refractivity contribution is 0.215. The molecule has 120 valence electrons. The number of hydrogen-bond acceptors (Lipinski definition) is 7. The smallest absolute Gasteiger partial charge is 0.410 e. The molecule has 0 aliphatic rings. The predicted molar refractivity (Wildman–Crippen MR) is 94.2 cm³/mol. The monoisotopic (exact) mass is 348 g/mol. The number of hydrogen-bond donors (Lipinski definition) is 2. The molecule has 8 heteroatoms. The van der Waals surface area contributed by atoms with Crippen LogP contribution in [0.25, 0.3) is 0 Å². The molecular formula is C15H16N4O2S2. The number of nitrogens with two attached hydrogens (primary N) is 1. The Balaban J connectivity index is 0.000000229. The van der Waals surface area contributed by atoms with Crippen molar-refractivity contribution in [3.8, 4) is 5.75 Å². The van der Waals surface area contributed by atoms with E-state index in [4.69, 9.17) is 10.5 Å². The van der Waals surface area contributed by atoms with E-state index >= 15 is 0 Å². The first kappa shape index (κ1) is 16.9. The lowest BCUT2D eigenvalue weighted by atomic mass is 10.3. The first-order valence-electron chi connectivity index (χ1n) is 6.67. The third-order valence-corrected chi connectivity index (χ3v) is 3.99. The molecule has 0 unspecified atom stereocenters. The number of rotatable bonds is 2. The highest BCUT2D eigenvalue weighted by Gasteiger charge is 2.06. The number of carbonyl (C=O) groups is 1. The van der Waals surface area contributed by atoms with Crippen LogP contribution >= 0.6 is 22.7 Å². The van der Waals surface area contributed by atoms with Crippen molar-refractivity contribution in [2.75, 3.05) is 11.1 Å². The van der Waals surface area contributed by atoms with E-state index in [2.05, 4.69) is 15.3 Å². The van der Waals surface area contributed by atoms with Crippen LogP contribution in [-0.4, -0.2) is 16.1 Å². The molecule has 3 aromatic rings. The van der Waals surface area contributed by atoms with E-state index < -0.39 is 6.09 Å². The maximum absolute atomic E-state index is 11.4. The van der Waals surface area contributed by atoms with Crippen molar-refractivity contribution in [1.82, 2.24) is 9.97 Å². The molecule has 0 saturated carbocycles. The number of ether oxygens (including phenoxy) is 1. The maximum atomic E-state index is 11.4. The van der Waals surface area contributed by atoms with Gasteiger partial charge in [0.25, 0.3) is 0 Å². The molecule has 0 aliphatic carbocycles. The van der Waals surface area contributed by atoms with Crippen molar-refractivity contribution in [2.24, 2.45) is 0 Å². The van der Waals surface area contributed by atoms with Crippen LogP contribution in [0.5, 0.6) is 5.75 Å². The van der Waals surface area contributed by atoms with Crippen LogP contribution in [-0.2, 0) is 0 Å². The molecule has 0 fully saturated rings. The van der Waals surface area contributed by atoms with Gasteiger partial charge in [-0.05, 0) is 26.0 Å². The number of benzene rings is 1. The van der Waals surface area contributed by atoms with Crippen LogP contribution in [0.3, 0.4) is 0 Å². The highest BCUT2D eigenvalue weighted by atomic mass is 32.1. The number of anilines is 2. The van der Waals surface area contributed by atoms with Gasteiger partial charge in [-0.15, -0.1) is 22.7 Å². The van der Waals surface area contributed by atoms with Gasteiger partial charge in [0.1, 0.15) is 5.75 Å². The van der Waals surface area contributed by atoms with Gasteiger partial charge in [-0.3, -0.25) is 5.32 Å². The van der Waals surface area contributed by atoms with Gasteiger partial charge in [0, 0.05) is 22.1 Å². The molecule has 0 atom stereocenters. The number of carbonyl (C=O) groups excluding carboxylic acids is 1. The summed E-state index contributed by atoms with van der Waals surface area (Å²) in [6.07, 6.45) is 2.93. The molecule has 0 spiro atoms. The lowest BCUT2D eigenvalue weighted by Gasteiger charge is -2.03. The molecule has 3 N–H and O–H groups in total. The molecule has 3 rings (SSSR count). The highest BCUT2D eigenvalue weighted by molar-refractivity contribution is 7.15. The Morgan fingerprint density at radius 3 is 2.22 bits per heavy atom. The molecule has 0 bridgehead atoms. The van der Waals surface area contributed by atoms with Gasteiger partial charge in [-0.25, -0.2) is 14.8 Å². The second-order valence-electron chi connectivity index (χ2n) is 4.41. The number of nitrogens with one attached hydrogen (secondary N) is 1. The normalized spacial score (nSPS) is 9.65. The van der Waals surface area contributed by atoms with Gasteiger partial charge in [-0.2, -0.15) is 0 Å². The first-order chi connectivity index (χ1) is 11.0. The third-order valence-electron chi connectivity index (χ3n) is 2.42. The fourth-order valence-electron chi connectivity index (χ4n) is 1.49. The van der Waals surface area contributed by atoms with E-state index in [9.17, 15) is 4.79 Å². The van der Waals surface area contributed by atoms with Crippen LogP contribution in [0, 0.1) is 13.8 Å². The number of aromatic nitrogens is 2. The zero-order valence-corrected chi connectivity index (χ0v) is 14.3. The van der Waals surface area contributed by atoms with Gasteiger partial charge in [0.15, 0.2) is 10.3 Å². The molecule has 0 aliphatic heterocycles. The summed E-state index contributed by atoms with van der Waals surface area (Å²) in [6.45, 7) is 3.90. The second kappa shape index (κ2) is 8.25. The largest absolute Gasteiger partial charge is 0.418 e. The van der Waals surface area contributed by atoms with Crippen molar-refractivity contribution in [3.63, 3.8) is 0 Å². The van der Waals surface area contributed by atoms with Crippen LogP contribution in [0.2, 0.25) is 0 Å². The number of para-hydroxylation sites is 1. The van der Waals surface area contributed by atoms with E-state index in [0.29, 0.717) is 16.0 Å². The van der Waals surface area contributed by atoms with E-state index in [0.717, 1.165) is 9.75 Å². The SMILES string of the molecule is Cc1cnc(N)s1.Cc1cnc(NC(=O)Oc2ccccc2)s1. The minimum Gasteiger partial charge on any atom is -0.410 e. The van der Waals surface area contributed by atoms with Crippen molar-refractivity contribution >= 4 is 39.0 Å². The molecule has 1 aromatic carbocycles. The molecule has 6 nitrogen and oxygen atoms in total. The summed E-state index contributed by atoms with van der Waals surface area (Å²) in [5.74, 6) is 0.508. The van der Waals surface area contributed by atoms with Gasteiger partial charge in [0.2, 0.25) is 0 Å². The van der Waals surface area contributed by atoms with E-state index in [1.165, 1.54) is 22.7 Å². The maximum Gasteiger partial charge on any atom is 0.418 e. The van der Waals surface area contributed by atoms with Crippen LogP contribution in [0.4, 0.5) is 15.1 Å². The lowest BCUT2D eigenvalue weighted by Crippen LogP contribution is -2.16. The van der Waals surface area contributed by atoms with Crippen molar-refractivity contribution < 1.29 is 9.53 Å². The molecule has 2 heterocycles. The Bertz CT molecular complexity index is 739.